The molecule has 0 fully saturated rings. The minimum Gasteiger partial charge on any atom is -0.311 e. The number of nitrogens with zero attached hydrogens (tertiary/aromatic N) is 3. The molecule has 3 rings (SSSR count). The fourth-order valence-electron chi connectivity index (χ4n) is 2.36. The van der Waals surface area contributed by atoms with Crippen LogP contribution in [-0.2, 0) is 17.5 Å². The molecule has 26 heavy (non-hydrogen) atoms. The fourth-order valence-corrected chi connectivity index (χ4v) is 2.62. The highest BCUT2D eigenvalue weighted by atomic mass is 79.9. The van der Waals surface area contributed by atoms with Gasteiger partial charge in [-0.05, 0) is 29.8 Å². The molecule has 0 atom stereocenters. The zero-order chi connectivity index (χ0) is 18.7. The van der Waals surface area contributed by atoms with E-state index in [0.29, 0.717) is 0 Å². The van der Waals surface area contributed by atoms with E-state index < -0.39 is 24.5 Å². The molecule has 0 bridgehead atoms. The first kappa shape index (κ1) is 18.1. The minimum absolute atomic E-state index is 0.172. The molecular formula is C17H12BrF3N4O. The average molecular weight is 425 g/mol. The molecule has 0 aliphatic rings. The highest BCUT2D eigenvalue weighted by Crippen LogP contribution is 2.31. The Labute approximate surface area is 154 Å². The number of aromatic nitrogens is 2. The Balaban J connectivity index is 1.77. The van der Waals surface area contributed by atoms with Gasteiger partial charge in [-0.3, -0.25) is 4.79 Å². The summed E-state index contributed by atoms with van der Waals surface area (Å²) >= 11 is 3.30. The second kappa shape index (κ2) is 7.28. The van der Waals surface area contributed by atoms with Gasteiger partial charge >= 0.3 is 6.18 Å². The smallest absolute Gasteiger partial charge is 0.311 e. The number of nitrogens with one attached hydrogen (secondary N) is 1. The van der Waals surface area contributed by atoms with Gasteiger partial charge in [-0.25, -0.2) is 10.4 Å². The summed E-state index contributed by atoms with van der Waals surface area (Å²) < 4.78 is 41.3. The van der Waals surface area contributed by atoms with Crippen LogP contribution in [0.1, 0.15) is 11.4 Å². The molecular weight excluding hydrogens is 413 g/mol. The number of amides is 1. The zero-order valence-corrected chi connectivity index (χ0v) is 14.8. The van der Waals surface area contributed by atoms with E-state index in [1.165, 1.54) is 18.3 Å². The van der Waals surface area contributed by atoms with Crippen LogP contribution in [-0.4, -0.2) is 21.7 Å². The van der Waals surface area contributed by atoms with E-state index in [-0.39, 0.29) is 11.0 Å². The van der Waals surface area contributed by atoms with Crippen LogP contribution in [0.15, 0.2) is 58.1 Å². The number of carbonyl (C=O) groups is 1. The number of benzene rings is 2. The largest absolute Gasteiger partial charge is 0.449 e. The number of hydrogen-bond acceptors (Lipinski definition) is 3. The predicted molar refractivity (Wildman–Crippen MR) is 94.6 cm³/mol. The van der Waals surface area contributed by atoms with Crippen molar-refractivity contribution >= 4 is 39.1 Å². The predicted octanol–water partition coefficient (Wildman–Crippen LogP) is 3.97. The summed E-state index contributed by atoms with van der Waals surface area (Å²) in [5, 5.41) is 3.77. The van der Waals surface area contributed by atoms with E-state index in [0.717, 1.165) is 14.6 Å². The Bertz CT molecular complexity index is 964. The van der Waals surface area contributed by atoms with Crippen LogP contribution in [0.5, 0.6) is 0 Å². The van der Waals surface area contributed by atoms with Gasteiger partial charge in [0.25, 0.3) is 5.91 Å². The second-order valence-corrected chi connectivity index (χ2v) is 6.27. The van der Waals surface area contributed by atoms with Crippen molar-refractivity contribution in [2.24, 2.45) is 5.10 Å². The van der Waals surface area contributed by atoms with Crippen LogP contribution in [0, 0.1) is 0 Å². The molecule has 2 aromatic carbocycles. The zero-order valence-electron chi connectivity index (χ0n) is 13.2. The summed E-state index contributed by atoms with van der Waals surface area (Å²) in [5.74, 6) is -1.81. The summed E-state index contributed by atoms with van der Waals surface area (Å²) in [6.45, 7) is -0.549. The number of para-hydroxylation sites is 2. The monoisotopic (exact) mass is 424 g/mol. The Kier molecular flexibility index (Phi) is 5.08. The van der Waals surface area contributed by atoms with Gasteiger partial charge in [0, 0.05) is 4.47 Å². The molecule has 0 aliphatic heterocycles. The van der Waals surface area contributed by atoms with Crippen LogP contribution < -0.4 is 5.43 Å². The number of alkyl halides is 3. The molecule has 1 aromatic heterocycles. The quantitative estimate of drug-likeness (QED) is 0.508. The highest BCUT2D eigenvalue weighted by molar-refractivity contribution is 9.10. The lowest BCUT2D eigenvalue weighted by molar-refractivity contribution is -0.147. The van der Waals surface area contributed by atoms with E-state index in [9.17, 15) is 18.0 Å². The lowest BCUT2D eigenvalue weighted by atomic mass is 10.2. The van der Waals surface area contributed by atoms with Crippen LogP contribution in [0.3, 0.4) is 0 Å². The van der Waals surface area contributed by atoms with Gasteiger partial charge in [-0.1, -0.05) is 40.2 Å². The van der Waals surface area contributed by atoms with Gasteiger partial charge in [-0.15, -0.1) is 0 Å². The number of imidazole rings is 1. The van der Waals surface area contributed by atoms with Gasteiger partial charge < -0.3 is 4.57 Å². The Morgan fingerprint density at radius 1 is 1.19 bits per heavy atom. The van der Waals surface area contributed by atoms with E-state index in [2.05, 4.69) is 31.4 Å². The number of hydrazone groups is 1. The first-order valence-electron chi connectivity index (χ1n) is 7.44. The topological polar surface area (TPSA) is 59.3 Å². The first-order valence-corrected chi connectivity index (χ1v) is 8.24. The third kappa shape index (κ3) is 4.10. The van der Waals surface area contributed by atoms with E-state index in [1.54, 1.807) is 36.4 Å². The Morgan fingerprint density at radius 3 is 2.58 bits per heavy atom. The van der Waals surface area contributed by atoms with Crippen LogP contribution >= 0.6 is 15.9 Å². The van der Waals surface area contributed by atoms with Crippen molar-refractivity contribution in [1.29, 1.82) is 0 Å². The lowest BCUT2D eigenvalue weighted by Crippen LogP contribution is -2.26. The first-order chi connectivity index (χ1) is 12.3. The maximum atomic E-state index is 13.2. The maximum Gasteiger partial charge on any atom is 0.449 e. The molecule has 9 heteroatoms. The highest BCUT2D eigenvalue weighted by Gasteiger charge is 2.37. The van der Waals surface area contributed by atoms with Gasteiger partial charge in [0.05, 0.1) is 17.2 Å². The van der Waals surface area contributed by atoms with Crippen LogP contribution in [0.25, 0.3) is 11.0 Å². The normalized spacial score (nSPS) is 12.0. The number of hydrogen-bond donors (Lipinski definition) is 1. The molecule has 0 saturated carbocycles. The van der Waals surface area contributed by atoms with Crippen molar-refractivity contribution in [1.82, 2.24) is 15.0 Å². The molecule has 0 unspecified atom stereocenters. The van der Waals surface area contributed by atoms with Crippen molar-refractivity contribution in [3.8, 4) is 0 Å². The molecule has 1 amide bonds. The Morgan fingerprint density at radius 2 is 1.88 bits per heavy atom. The number of fused-ring (bicyclic) bond motifs is 1. The summed E-state index contributed by atoms with van der Waals surface area (Å²) in [6, 6.07) is 13.3. The van der Waals surface area contributed by atoms with E-state index in [1.807, 2.05) is 0 Å². The maximum absolute atomic E-state index is 13.2. The molecule has 1 N–H and O–H groups in total. The molecule has 134 valence electrons. The van der Waals surface area contributed by atoms with Crippen LogP contribution in [0.4, 0.5) is 13.2 Å². The molecule has 3 aromatic rings. The van der Waals surface area contributed by atoms with Crippen molar-refractivity contribution in [3.05, 3.63) is 64.4 Å². The van der Waals surface area contributed by atoms with Gasteiger partial charge in [0.15, 0.2) is 0 Å². The average Bonchev–Trinajstić information content (AvgIpc) is 2.96. The number of rotatable bonds is 4. The SMILES string of the molecule is O=C(Cn1c(C(F)(F)F)nc2ccccc21)N/N=C\c1ccc(Br)cc1. The molecule has 0 spiro atoms. The Hall–Kier alpha value is -2.68. The van der Waals surface area contributed by atoms with Crippen molar-refractivity contribution in [3.63, 3.8) is 0 Å². The fraction of sp³-hybridized carbons (Fsp3) is 0.118. The number of carbonyl (C=O) groups excluding carboxylic acids is 1. The summed E-state index contributed by atoms with van der Waals surface area (Å²) in [4.78, 5) is 15.6. The lowest BCUT2D eigenvalue weighted by Gasteiger charge is -2.10. The molecule has 0 saturated heterocycles. The van der Waals surface area contributed by atoms with Gasteiger partial charge in [0.1, 0.15) is 6.54 Å². The van der Waals surface area contributed by atoms with Crippen molar-refractivity contribution in [2.75, 3.05) is 0 Å². The summed E-state index contributed by atoms with van der Waals surface area (Å²) in [6.07, 6.45) is -3.26. The molecule has 5 nitrogen and oxygen atoms in total. The number of halogens is 4. The third-order valence-corrected chi connectivity index (χ3v) is 4.01. The third-order valence-electron chi connectivity index (χ3n) is 3.48. The molecule has 1 heterocycles. The molecule has 0 aliphatic carbocycles. The molecule has 0 radical (unpaired) electrons. The minimum atomic E-state index is -4.67. The van der Waals surface area contributed by atoms with Crippen molar-refractivity contribution in [2.45, 2.75) is 12.7 Å². The summed E-state index contributed by atoms with van der Waals surface area (Å²) in [7, 11) is 0. The van der Waals surface area contributed by atoms with E-state index in [4.69, 9.17) is 0 Å². The summed E-state index contributed by atoms with van der Waals surface area (Å²) in [5.41, 5.74) is 3.36. The van der Waals surface area contributed by atoms with E-state index >= 15 is 0 Å². The van der Waals surface area contributed by atoms with Crippen LogP contribution in [0.2, 0.25) is 0 Å². The second-order valence-electron chi connectivity index (χ2n) is 5.35. The van der Waals surface area contributed by atoms with Gasteiger partial charge in [0.2, 0.25) is 5.82 Å². The van der Waals surface area contributed by atoms with Crippen molar-refractivity contribution < 1.29 is 18.0 Å². The van der Waals surface area contributed by atoms with Gasteiger partial charge in [-0.2, -0.15) is 18.3 Å². The standard InChI is InChI=1S/C17H12BrF3N4O/c18-12-7-5-11(6-8-12)9-22-24-15(26)10-25-14-4-2-1-3-13(14)23-16(25)17(19,20)21/h1-9H,10H2,(H,24,26)/b22-9-.